The molecule has 1 aliphatic rings. The number of likely N-dealkylation sites (tertiary alicyclic amines) is 1. The van der Waals surface area contributed by atoms with Gasteiger partial charge in [-0.05, 0) is 19.4 Å². The summed E-state index contributed by atoms with van der Waals surface area (Å²) in [6.45, 7) is 0.521. The minimum atomic E-state index is -2.28. The van der Waals surface area contributed by atoms with Gasteiger partial charge in [0.25, 0.3) is 6.43 Å². The Balaban J connectivity index is 2.36. The monoisotopic (exact) mass is 179 g/mol. The predicted molar refractivity (Wildman–Crippen MR) is 42.3 cm³/mol. The van der Waals surface area contributed by atoms with E-state index in [1.165, 1.54) is 0 Å². The number of nitrogens with zero attached hydrogens (tertiary/aromatic N) is 1. The van der Waals surface area contributed by atoms with E-state index in [0.29, 0.717) is 6.54 Å². The third-order valence-electron chi connectivity index (χ3n) is 2.33. The number of aliphatic hydroxyl groups is 1. The molecule has 12 heavy (non-hydrogen) atoms. The summed E-state index contributed by atoms with van der Waals surface area (Å²) in [5, 5.41) is 8.89. The summed E-state index contributed by atoms with van der Waals surface area (Å²) in [5.74, 6) is 0. The first-order chi connectivity index (χ1) is 5.74. The SMILES string of the molecule is OCC1CCCCN1CC(F)F. The van der Waals surface area contributed by atoms with Crippen LogP contribution in [0.15, 0.2) is 0 Å². The van der Waals surface area contributed by atoms with E-state index in [9.17, 15) is 8.78 Å². The van der Waals surface area contributed by atoms with Crippen molar-refractivity contribution < 1.29 is 13.9 Å². The van der Waals surface area contributed by atoms with Crippen LogP contribution in [0.1, 0.15) is 19.3 Å². The van der Waals surface area contributed by atoms with Crippen molar-refractivity contribution in [2.45, 2.75) is 31.7 Å². The van der Waals surface area contributed by atoms with Gasteiger partial charge in [0.15, 0.2) is 0 Å². The quantitative estimate of drug-likeness (QED) is 0.701. The smallest absolute Gasteiger partial charge is 0.251 e. The third-order valence-corrected chi connectivity index (χ3v) is 2.33. The highest BCUT2D eigenvalue weighted by Crippen LogP contribution is 2.17. The highest BCUT2D eigenvalue weighted by molar-refractivity contribution is 4.76. The summed E-state index contributed by atoms with van der Waals surface area (Å²) in [4.78, 5) is 1.69. The Kier molecular flexibility index (Phi) is 3.88. The molecule has 1 saturated heterocycles. The minimum absolute atomic E-state index is 0.00667. The first-order valence-corrected chi connectivity index (χ1v) is 4.37. The van der Waals surface area contributed by atoms with Gasteiger partial charge in [-0.15, -0.1) is 0 Å². The van der Waals surface area contributed by atoms with Crippen LogP contribution in [-0.2, 0) is 0 Å². The fraction of sp³-hybridized carbons (Fsp3) is 1.00. The second-order valence-corrected chi connectivity index (χ2v) is 3.22. The minimum Gasteiger partial charge on any atom is -0.395 e. The zero-order valence-corrected chi connectivity index (χ0v) is 7.05. The van der Waals surface area contributed by atoms with Crippen LogP contribution in [0.3, 0.4) is 0 Å². The highest BCUT2D eigenvalue weighted by Gasteiger charge is 2.23. The lowest BCUT2D eigenvalue weighted by Crippen LogP contribution is -2.44. The lowest BCUT2D eigenvalue weighted by atomic mass is 10.0. The van der Waals surface area contributed by atoms with Crippen LogP contribution >= 0.6 is 0 Å². The van der Waals surface area contributed by atoms with Gasteiger partial charge in [0.05, 0.1) is 13.2 Å². The Labute approximate surface area is 71.2 Å². The van der Waals surface area contributed by atoms with E-state index in [1.54, 1.807) is 4.90 Å². The van der Waals surface area contributed by atoms with E-state index in [0.717, 1.165) is 19.3 Å². The van der Waals surface area contributed by atoms with E-state index in [1.807, 2.05) is 0 Å². The van der Waals surface area contributed by atoms with Gasteiger partial charge in [-0.2, -0.15) is 0 Å². The summed E-state index contributed by atoms with van der Waals surface area (Å²) < 4.78 is 24.0. The number of alkyl halides is 2. The number of piperidine rings is 1. The fourth-order valence-corrected chi connectivity index (χ4v) is 1.68. The number of hydrogen-bond donors (Lipinski definition) is 1. The van der Waals surface area contributed by atoms with E-state index >= 15 is 0 Å². The van der Waals surface area contributed by atoms with Gasteiger partial charge < -0.3 is 5.11 Å². The molecule has 1 fully saturated rings. The van der Waals surface area contributed by atoms with E-state index in [4.69, 9.17) is 5.11 Å². The molecule has 0 amide bonds. The highest BCUT2D eigenvalue weighted by atomic mass is 19.3. The van der Waals surface area contributed by atoms with Gasteiger partial charge >= 0.3 is 0 Å². The Bertz CT molecular complexity index is 132. The van der Waals surface area contributed by atoms with Crippen LogP contribution in [0.2, 0.25) is 0 Å². The summed E-state index contributed by atoms with van der Waals surface area (Å²) in [6, 6.07) is -0.0345. The summed E-state index contributed by atoms with van der Waals surface area (Å²) >= 11 is 0. The molecule has 0 radical (unpaired) electrons. The van der Waals surface area contributed by atoms with Crippen molar-refractivity contribution in [1.82, 2.24) is 4.90 Å². The van der Waals surface area contributed by atoms with Crippen LogP contribution in [0.4, 0.5) is 8.78 Å². The predicted octanol–water partition coefficient (Wildman–Crippen LogP) is 1.10. The van der Waals surface area contributed by atoms with Crippen molar-refractivity contribution in [3.63, 3.8) is 0 Å². The van der Waals surface area contributed by atoms with Gasteiger partial charge in [0, 0.05) is 6.04 Å². The molecule has 0 aliphatic carbocycles. The second-order valence-electron chi connectivity index (χ2n) is 3.22. The van der Waals surface area contributed by atoms with Crippen LogP contribution in [-0.4, -0.2) is 42.2 Å². The third kappa shape index (κ3) is 2.68. The molecule has 1 heterocycles. The molecule has 1 aliphatic heterocycles. The lowest BCUT2D eigenvalue weighted by molar-refractivity contribution is 0.0286. The van der Waals surface area contributed by atoms with Crippen LogP contribution < -0.4 is 0 Å². The maximum Gasteiger partial charge on any atom is 0.251 e. The first-order valence-electron chi connectivity index (χ1n) is 4.37. The zero-order chi connectivity index (χ0) is 8.97. The standard InChI is InChI=1S/C8H15F2NO/c9-8(10)5-11-4-2-1-3-7(11)6-12/h7-8,12H,1-6H2. The molecule has 4 heteroatoms. The topological polar surface area (TPSA) is 23.5 Å². The lowest BCUT2D eigenvalue weighted by Gasteiger charge is -2.34. The van der Waals surface area contributed by atoms with Gasteiger partial charge in [0.2, 0.25) is 0 Å². The molecule has 1 N–H and O–H groups in total. The van der Waals surface area contributed by atoms with Crippen LogP contribution in [0, 0.1) is 0 Å². The average molecular weight is 179 g/mol. The Morgan fingerprint density at radius 2 is 2.17 bits per heavy atom. The largest absolute Gasteiger partial charge is 0.395 e. The molecule has 0 aromatic carbocycles. The molecule has 0 saturated carbocycles. The molecule has 1 rings (SSSR count). The van der Waals surface area contributed by atoms with Crippen molar-refractivity contribution in [2.24, 2.45) is 0 Å². The van der Waals surface area contributed by atoms with E-state index in [2.05, 4.69) is 0 Å². The molecule has 0 spiro atoms. The molecule has 2 nitrogen and oxygen atoms in total. The molecule has 0 aromatic heterocycles. The zero-order valence-electron chi connectivity index (χ0n) is 7.05. The summed E-state index contributed by atoms with van der Waals surface area (Å²) in [5.41, 5.74) is 0. The van der Waals surface area contributed by atoms with Gasteiger partial charge in [-0.1, -0.05) is 6.42 Å². The normalized spacial score (nSPS) is 26.5. The van der Waals surface area contributed by atoms with Crippen molar-refractivity contribution in [3.05, 3.63) is 0 Å². The Hall–Kier alpha value is -0.220. The molecule has 0 aromatic rings. The van der Waals surface area contributed by atoms with Crippen molar-refractivity contribution in [2.75, 3.05) is 19.7 Å². The average Bonchev–Trinajstić information content (AvgIpc) is 2.04. The van der Waals surface area contributed by atoms with Crippen LogP contribution in [0.5, 0.6) is 0 Å². The number of aliphatic hydroxyl groups excluding tert-OH is 1. The molecule has 0 bridgehead atoms. The number of halogens is 2. The fourth-order valence-electron chi connectivity index (χ4n) is 1.68. The van der Waals surface area contributed by atoms with E-state index < -0.39 is 6.43 Å². The molecular weight excluding hydrogens is 164 g/mol. The maximum atomic E-state index is 12.0. The Morgan fingerprint density at radius 1 is 1.42 bits per heavy atom. The van der Waals surface area contributed by atoms with Gasteiger partial charge in [0.1, 0.15) is 0 Å². The van der Waals surface area contributed by atoms with Gasteiger partial charge in [-0.3, -0.25) is 4.90 Å². The molecule has 1 unspecified atom stereocenters. The van der Waals surface area contributed by atoms with Crippen LogP contribution in [0.25, 0.3) is 0 Å². The number of hydrogen-bond acceptors (Lipinski definition) is 2. The second kappa shape index (κ2) is 4.72. The number of rotatable bonds is 3. The van der Waals surface area contributed by atoms with Crippen molar-refractivity contribution in [3.8, 4) is 0 Å². The van der Waals surface area contributed by atoms with Crippen molar-refractivity contribution in [1.29, 1.82) is 0 Å². The van der Waals surface area contributed by atoms with E-state index in [-0.39, 0.29) is 19.2 Å². The Morgan fingerprint density at radius 3 is 2.75 bits per heavy atom. The summed E-state index contributed by atoms with van der Waals surface area (Å²) in [6.07, 6.45) is 0.592. The van der Waals surface area contributed by atoms with Gasteiger partial charge in [-0.25, -0.2) is 8.78 Å². The molecular formula is C8H15F2NO. The first kappa shape index (κ1) is 9.86. The van der Waals surface area contributed by atoms with Crippen molar-refractivity contribution >= 4 is 0 Å². The molecule has 1 atom stereocenters. The molecule has 72 valence electrons. The maximum absolute atomic E-state index is 12.0. The summed E-state index contributed by atoms with van der Waals surface area (Å²) in [7, 11) is 0.